The number of aromatic nitrogens is 1. The lowest BCUT2D eigenvalue weighted by Gasteiger charge is -2.08. The Morgan fingerprint density at radius 1 is 1.40 bits per heavy atom. The molecule has 0 fully saturated rings. The number of nitrogens with zero attached hydrogens (tertiary/aromatic N) is 1. The van der Waals surface area contributed by atoms with E-state index in [1.807, 2.05) is 12.1 Å². The number of anilines is 1. The molecule has 2 aromatic rings. The SMILES string of the molecule is Nc1ncccc1C(=O)NCc1ccc2c(c1)CCO2. The van der Waals surface area contributed by atoms with Crippen molar-refractivity contribution in [1.29, 1.82) is 0 Å². The van der Waals surface area contributed by atoms with E-state index in [-0.39, 0.29) is 11.7 Å². The van der Waals surface area contributed by atoms with Crippen molar-refractivity contribution in [2.45, 2.75) is 13.0 Å². The first kappa shape index (κ1) is 12.5. The van der Waals surface area contributed by atoms with Crippen LogP contribution in [0.1, 0.15) is 21.5 Å². The van der Waals surface area contributed by atoms with Gasteiger partial charge in [-0.05, 0) is 29.3 Å². The number of carbonyl (C=O) groups is 1. The van der Waals surface area contributed by atoms with E-state index >= 15 is 0 Å². The molecule has 1 aromatic heterocycles. The predicted molar refractivity (Wildman–Crippen MR) is 75.5 cm³/mol. The van der Waals surface area contributed by atoms with Crippen molar-refractivity contribution in [3.63, 3.8) is 0 Å². The smallest absolute Gasteiger partial charge is 0.255 e. The molecule has 2 heterocycles. The Labute approximate surface area is 116 Å². The van der Waals surface area contributed by atoms with Crippen molar-refractivity contribution in [1.82, 2.24) is 10.3 Å². The van der Waals surface area contributed by atoms with Gasteiger partial charge in [0.1, 0.15) is 11.6 Å². The molecule has 0 unspecified atom stereocenters. The van der Waals surface area contributed by atoms with Crippen molar-refractivity contribution in [2.75, 3.05) is 12.3 Å². The molecule has 0 saturated heterocycles. The van der Waals surface area contributed by atoms with Gasteiger partial charge < -0.3 is 15.8 Å². The third-order valence-corrected chi connectivity index (χ3v) is 3.29. The maximum atomic E-state index is 12.0. The lowest BCUT2D eigenvalue weighted by atomic mass is 10.1. The summed E-state index contributed by atoms with van der Waals surface area (Å²) in [7, 11) is 0. The third kappa shape index (κ3) is 2.42. The van der Waals surface area contributed by atoms with Gasteiger partial charge in [0.2, 0.25) is 0 Å². The number of hydrogen-bond acceptors (Lipinski definition) is 4. The van der Waals surface area contributed by atoms with Crippen LogP contribution in [0, 0.1) is 0 Å². The molecule has 0 bridgehead atoms. The highest BCUT2D eigenvalue weighted by atomic mass is 16.5. The lowest BCUT2D eigenvalue weighted by molar-refractivity contribution is 0.0951. The molecular weight excluding hydrogens is 254 g/mol. The molecule has 1 aliphatic rings. The first-order valence-electron chi connectivity index (χ1n) is 6.47. The Hall–Kier alpha value is -2.56. The van der Waals surface area contributed by atoms with E-state index in [9.17, 15) is 4.79 Å². The summed E-state index contributed by atoms with van der Waals surface area (Å²) in [5.41, 5.74) is 8.31. The van der Waals surface area contributed by atoms with Crippen LogP contribution < -0.4 is 15.8 Å². The lowest BCUT2D eigenvalue weighted by Crippen LogP contribution is -2.24. The fraction of sp³-hybridized carbons (Fsp3) is 0.200. The number of hydrogen-bond donors (Lipinski definition) is 2. The maximum absolute atomic E-state index is 12.0. The molecular formula is C15H15N3O2. The highest BCUT2D eigenvalue weighted by molar-refractivity contribution is 5.98. The monoisotopic (exact) mass is 269 g/mol. The van der Waals surface area contributed by atoms with Crippen LogP contribution in [0.5, 0.6) is 5.75 Å². The number of amides is 1. The van der Waals surface area contributed by atoms with Gasteiger partial charge in [-0.3, -0.25) is 4.79 Å². The van der Waals surface area contributed by atoms with Gasteiger partial charge >= 0.3 is 0 Å². The van der Waals surface area contributed by atoms with Crippen molar-refractivity contribution in [3.8, 4) is 5.75 Å². The predicted octanol–water partition coefficient (Wildman–Crippen LogP) is 1.53. The van der Waals surface area contributed by atoms with E-state index in [1.54, 1.807) is 18.3 Å². The van der Waals surface area contributed by atoms with Crippen LogP contribution >= 0.6 is 0 Å². The Kier molecular flexibility index (Phi) is 3.25. The highest BCUT2D eigenvalue weighted by Gasteiger charge is 2.13. The Morgan fingerprint density at radius 2 is 2.30 bits per heavy atom. The number of benzene rings is 1. The van der Waals surface area contributed by atoms with Gasteiger partial charge in [-0.2, -0.15) is 0 Å². The Balaban J connectivity index is 1.68. The van der Waals surface area contributed by atoms with E-state index in [0.29, 0.717) is 12.1 Å². The minimum absolute atomic E-state index is 0.215. The standard InChI is InChI=1S/C15H15N3O2/c16-14-12(2-1-6-17-14)15(19)18-9-10-3-4-13-11(8-10)5-7-20-13/h1-4,6,8H,5,7,9H2,(H2,16,17)(H,18,19). The summed E-state index contributed by atoms with van der Waals surface area (Å²) < 4.78 is 5.45. The third-order valence-electron chi connectivity index (χ3n) is 3.29. The van der Waals surface area contributed by atoms with Crippen LogP contribution in [-0.4, -0.2) is 17.5 Å². The first-order valence-corrected chi connectivity index (χ1v) is 6.47. The number of fused-ring (bicyclic) bond motifs is 1. The number of carbonyl (C=O) groups excluding carboxylic acids is 1. The van der Waals surface area contributed by atoms with Crippen molar-refractivity contribution >= 4 is 11.7 Å². The van der Waals surface area contributed by atoms with Crippen LogP contribution in [0.4, 0.5) is 5.82 Å². The van der Waals surface area contributed by atoms with Crippen LogP contribution in [0.25, 0.3) is 0 Å². The van der Waals surface area contributed by atoms with Gasteiger partial charge in [0.05, 0.1) is 12.2 Å². The molecule has 0 saturated carbocycles. The average molecular weight is 269 g/mol. The second-order valence-electron chi connectivity index (χ2n) is 4.66. The molecule has 5 heteroatoms. The zero-order valence-corrected chi connectivity index (χ0v) is 10.9. The summed E-state index contributed by atoms with van der Waals surface area (Å²) in [6.45, 7) is 1.19. The van der Waals surface area contributed by atoms with Crippen LogP contribution in [0.3, 0.4) is 0 Å². The Bertz CT molecular complexity index is 655. The fourth-order valence-electron chi connectivity index (χ4n) is 2.24. The largest absolute Gasteiger partial charge is 0.493 e. The van der Waals surface area contributed by atoms with Crippen molar-refractivity contribution in [3.05, 3.63) is 53.2 Å². The molecule has 0 radical (unpaired) electrons. The molecule has 0 aliphatic carbocycles. The summed E-state index contributed by atoms with van der Waals surface area (Å²) in [6.07, 6.45) is 2.49. The topological polar surface area (TPSA) is 77.2 Å². The van der Waals surface area contributed by atoms with E-state index in [0.717, 1.165) is 24.3 Å². The quantitative estimate of drug-likeness (QED) is 0.885. The molecule has 3 rings (SSSR count). The van der Waals surface area contributed by atoms with Crippen LogP contribution in [0.2, 0.25) is 0 Å². The van der Waals surface area contributed by atoms with Crippen molar-refractivity contribution in [2.24, 2.45) is 0 Å². The molecule has 0 atom stereocenters. The second-order valence-corrected chi connectivity index (χ2v) is 4.66. The molecule has 1 amide bonds. The maximum Gasteiger partial charge on any atom is 0.255 e. The van der Waals surface area contributed by atoms with Gasteiger partial charge in [0.25, 0.3) is 5.91 Å². The van der Waals surface area contributed by atoms with Gasteiger partial charge in [-0.15, -0.1) is 0 Å². The minimum Gasteiger partial charge on any atom is -0.493 e. The molecule has 3 N–H and O–H groups in total. The van der Waals surface area contributed by atoms with Crippen LogP contribution in [-0.2, 0) is 13.0 Å². The van der Waals surface area contributed by atoms with E-state index in [4.69, 9.17) is 10.5 Å². The summed E-state index contributed by atoms with van der Waals surface area (Å²) >= 11 is 0. The molecule has 20 heavy (non-hydrogen) atoms. The second kappa shape index (κ2) is 5.21. The number of ether oxygens (including phenoxy) is 1. The summed E-state index contributed by atoms with van der Waals surface area (Å²) in [5.74, 6) is 0.969. The average Bonchev–Trinajstić information content (AvgIpc) is 2.92. The van der Waals surface area contributed by atoms with Crippen LogP contribution in [0.15, 0.2) is 36.5 Å². The van der Waals surface area contributed by atoms with E-state index in [2.05, 4.69) is 16.4 Å². The summed E-state index contributed by atoms with van der Waals surface area (Å²) in [6, 6.07) is 9.32. The fourth-order valence-corrected chi connectivity index (χ4v) is 2.24. The van der Waals surface area contributed by atoms with Gasteiger partial charge in [0.15, 0.2) is 0 Å². The number of nitrogen functional groups attached to an aromatic ring is 1. The number of rotatable bonds is 3. The van der Waals surface area contributed by atoms with E-state index in [1.165, 1.54) is 5.56 Å². The molecule has 102 valence electrons. The van der Waals surface area contributed by atoms with Gasteiger partial charge in [0, 0.05) is 19.2 Å². The molecule has 5 nitrogen and oxygen atoms in total. The molecule has 0 spiro atoms. The highest BCUT2D eigenvalue weighted by Crippen LogP contribution is 2.25. The first-order chi connectivity index (χ1) is 9.74. The van der Waals surface area contributed by atoms with Gasteiger partial charge in [-0.25, -0.2) is 4.98 Å². The summed E-state index contributed by atoms with van der Waals surface area (Å²) in [4.78, 5) is 15.9. The van der Waals surface area contributed by atoms with E-state index < -0.39 is 0 Å². The number of nitrogens with one attached hydrogen (secondary N) is 1. The van der Waals surface area contributed by atoms with Crippen molar-refractivity contribution < 1.29 is 9.53 Å². The molecule has 1 aliphatic heterocycles. The Morgan fingerprint density at radius 3 is 3.15 bits per heavy atom. The zero-order chi connectivity index (χ0) is 13.9. The zero-order valence-electron chi connectivity index (χ0n) is 10.9. The number of nitrogens with two attached hydrogens (primary N) is 1. The summed E-state index contributed by atoms with van der Waals surface area (Å²) in [5, 5.41) is 2.85. The number of pyridine rings is 1. The molecule has 1 aromatic carbocycles. The van der Waals surface area contributed by atoms with Gasteiger partial charge in [-0.1, -0.05) is 12.1 Å². The minimum atomic E-state index is -0.215. The normalized spacial score (nSPS) is 12.6.